The molecule has 26 heavy (non-hydrogen) atoms. The molecule has 1 fully saturated rings. The van der Waals surface area contributed by atoms with Crippen molar-refractivity contribution in [2.75, 3.05) is 5.32 Å². The first-order valence-corrected chi connectivity index (χ1v) is 10.7. The standard InChI is InChI=1S/C22H34N4/c1-4-5-12-22(3)13-10-17(11-14-22)23-21-18-8-6-7-9-19(18)26-20(24-21)15-16(2)25-26/h6,8,15,17-19H,4-5,7,9-14H2,1-3H3,(H,23,24)/t17?,18?,19-,22?/m0/s1. The minimum atomic E-state index is 0.365. The second kappa shape index (κ2) is 7.21. The predicted molar refractivity (Wildman–Crippen MR) is 109 cm³/mol. The van der Waals surface area contributed by atoms with E-state index >= 15 is 0 Å². The maximum absolute atomic E-state index is 5.25. The van der Waals surface area contributed by atoms with Crippen molar-refractivity contribution in [1.29, 1.82) is 0 Å². The number of anilines is 1. The number of hydrogen-bond donors (Lipinski definition) is 1. The van der Waals surface area contributed by atoms with Crippen LogP contribution in [0.2, 0.25) is 0 Å². The van der Waals surface area contributed by atoms with Crippen molar-refractivity contribution in [1.82, 2.24) is 9.78 Å². The first-order chi connectivity index (χ1) is 12.6. The molecule has 0 amide bonds. The van der Waals surface area contributed by atoms with Gasteiger partial charge in [-0.25, -0.2) is 4.68 Å². The number of unbranched alkanes of at least 4 members (excludes halogenated alkanes) is 1. The normalized spacial score (nSPS) is 35.0. The average Bonchev–Trinajstić information content (AvgIpc) is 3.03. The van der Waals surface area contributed by atoms with E-state index in [0.717, 1.165) is 24.4 Å². The van der Waals surface area contributed by atoms with Gasteiger partial charge in [0.05, 0.1) is 23.7 Å². The summed E-state index contributed by atoms with van der Waals surface area (Å²) < 4.78 is 2.20. The smallest absolute Gasteiger partial charge is 0.130 e. The summed E-state index contributed by atoms with van der Waals surface area (Å²) in [5.74, 6) is 2.67. The number of aliphatic imine (C=N–C) groups is 1. The second-order valence-electron chi connectivity index (χ2n) is 9.00. The van der Waals surface area contributed by atoms with Crippen LogP contribution in [0.1, 0.15) is 83.4 Å². The molecule has 4 rings (SSSR count). The number of nitrogens with zero attached hydrogens (tertiary/aromatic N) is 3. The molecule has 1 unspecified atom stereocenters. The van der Waals surface area contributed by atoms with Crippen LogP contribution < -0.4 is 5.32 Å². The number of rotatable bonds is 4. The Labute approximate surface area is 158 Å². The molecule has 1 aliphatic heterocycles. The minimum absolute atomic E-state index is 0.365. The summed E-state index contributed by atoms with van der Waals surface area (Å²) in [5.41, 5.74) is 1.64. The number of allylic oxidation sites excluding steroid dienone is 1. The molecular weight excluding hydrogens is 320 g/mol. The number of amidine groups is 1. The Morgan fingerprint density at radius 2 is 2.12 bits per heavy atom. The van der Waals surface area contributed by atoms with E-state index in [1.807, 2.05) is 0 Å². The van der Waals surface area contributed by atoms with Crippen molar-refractivity contribution in [3.05, 3.63) is 23.9 Å². The molecule has 2 aliphatic carbocycles. The van der Waals surface area contributed by atoms with E-state index in [1.165, 1.54) is 50.8 Å². The number of aromatic nitrogens is 2. The third kappa shape index (κ3) is 3.47. The lowest BCUT2D eigenvalue weighted by Crippen LogP contribution is -2.39. The van der Waals surface area contributed by atoms with E-state index in [0.29, 0.717) is 23.4 Å². The van der Waals surface area contributed by atoms with Crippen LogP contribution in [-0.4, -0.2) is 21.7 Å². The maximum Gasteiger partial charge on any atom is 0.130 e. The SMILES string of the molecule is CCCCC1(C)CCC(N=C2Nc3cc(C)nn3[C@H]3CCC=CC23)CC1. The van der Waals surface area contributed by atoms with E-state index in [9.17, 15) is 0 Å². The van der Waals surface area contributed by atoms with Crippen LogP contribution in [0.25, 0.3) is 0 Å². The molecule has 0 saturated heterocycles. The Morgan fingerprint density at radius 1 is 1.31 bits per heavy atom. The molecule has 0 aromatic carbocycles. The molecule has 1 N–H and O–H groups in total. The fourth-order valence-corrected chi connectivity index (χ4v) is 5.04. The lowest BCUT2D eigenvalue weighted by atomic mass is 9.71. The molecule has 3 aliphatic rings. The molecule has 142 valence electrons. The van der Waals surface area contributed by atoms with E-state index in [2.05, 4.69) is 49.0 Å². The molecule has 0 radical (unpaired) electrons. The van der Waals surface area contributed by atoms with Gasteiger partial charge in [0.1, 0.15) is 11.7 Å². The van der Waals surface area contributed by atoms with E-state index < -0.39 is 0 Å². The summed E-state index contributed by atoms with van der Waals surface area (Å²) >= 11 is 0. The van der Waals surface area contributed by atoms with Crippen molar-refractivity contribution in [2.45, 2.75) is 90.6 Å². The van der Waals surface area contributed by atoms with E-state index in [4.69, 9.17) is 10.1 Å². The molecule has 4 nitrogen and oxygen atoms in total. The van der Waals surface area contributed by atoms with Gasteiger partial charge in [0.2, 0.25) is 0 Å². The molecule has 1 aromatic rings. The van der Waals surface area contributed by atoms with Crippen molar-refractivity contribution in [2.24, 2.45) is 16.3 Å². The lowest BCUT2D eigenvalue weighted by Gasteiger charge is -2.38. The number of aryl methyl sites for hydroxylation is 1. The van der Waals surface area contributed by atoms with Crippen LogP contribution in [0.4, 0.5) is 5.82 Å². The lowest BCUT2D eigenvalue weighted by molar-refractivity contribution is 0.180. The van der Waals surface area contributed by atoms with Gasteiger partial charge in [-0.1, -0.05) is 38.8 Å². The third-order valence-corrected chi connectivity index (χ3v) is 6.75. The Kier molecular flexibility index (Phi) is 4.94. The highest BCUT2D eigenvalue weighted by Gasteiger charge is 2.36. The molecule has 2 atom stereocenters. The largest absolute Gasteiger partial charge is 0.328 e. The Bertz CT molecular complexity index is 691. The van der Waals surface area contributed by atoms with Crippen molar-refractivity contribution >= 4 is 11.7 Å². The number of nitrogens with one attached hydrogen (secondary N) is 1. The Morgan fingerprint density at radius 3 is 2.88 bits per heavy atom. The Hall–Kier alpha value is -1.58. The molecule has 2 heterocycles. The quantitative estimate of drug-likeness (QED) is 0.709. The van der Waals surface area contributed by atoms with Gasteiger partial charge in [0.15, 0.2) is 0 Å². The van der Waals surface area contributed by atoms with Crippen LogP contribution in [0, 0.1) is 18.3 Å². The molecule has 4 heteroatoms. The number of hydrogen-bond acceptors (Lipinski definition) is 2. The average molecular weight is 355 g/mol. The number of fused-ring (bicyclic) bond motifs is 3. The highest BCUT2D eigenvalue weighted by molar-refractivity contribution is 5.99. The van der Waals surface area contributed by atoms with Crippen LogP contribution in [0.15, 0.2) is 23.2 Å². The van der Waals surface area contributed by atoms with Gasteiger partial charge < -0.3 is 5.32 Å². The summed E-state index contributed by atoms with van der Waals surface area (Å²) in [4.78, 5) is 5.25. The third-order valence-electron chi connectivity index (χ3n) is 6.75. The summed E-state index contributed by atoms with van der Waals surface area (Å²) in [7, 11) is 0. The highest BCUT2D eigenvalue weighted by Crippen LogP contribution is 2.42. The maximum atomic E-state index is 5.25. The van der Waals surface area contributed by atoms with Gasteiger partial charge in [-0.15, -0.1) is 0 Å². The zero-order chi connectivity index (χ0) is 18.1. The van der Waals surface area contributed by atoms with Crippen LogP contribution in [0.5, 0.6) is 0 Å². The zero-order valence-corrected chi connectivity index (χ0v) is 16.7. The van der Waals surface area contributed by atoms with Crippen LogP contribution in [0.3, 0.4) is 0 Å². The zero-order valence-electron chi connectivity index (χ0n) is 16.7. The van der Waals surface area contributed by atoms with E-state index in [1.54, 1.807) is 0 Å². The van der Waals surface area contributed by atoms with Gasteiger partial charge >= 0.3 is 0 Å². The fraction of sp³-hybridized carbons (Fsp3) is 0.727. The first kappa shape index (κ1) is 17.8. The highest BCUT2D eigenvalue weighted by atomic mass is 15.4. The van der Waals surface area contributed by atoms with Crippen molar-refractivity contribution in [3.8, 4) is 0 Å². The Balaban J connectivity index is 1.50. The second-order valence-corrected chi connectivity index (χ2v) is 9.00. The monoisotopic (exact) mass is 354 g/mol. The summed E-state index contributed by atoms with van der Waals surface area (Å²) in [6.45, 7) is 6.87. The fourth-order valence-electron chi connectivity index (χ4n) is 5.04. The van der Waals surface area contributed by atoms with Gasteiger partial charge in [0, 0.05) is 6.07 Å². The topological polar surface area (TPSA) is 42.2 Å². The summed E-state index contributed by atoms with van der Waals surface area (Å²) in [5, 5.41) is 8.35. The van der Waals surface area contributed by atoms with Gasteiger partial charge in [0.25, 0.3) is 0 Å². The molecule has 1 aromatic heterocycles. The summed E-state index contributed by atoms with van der Waals surface area (Å²) in [6.07, 6.45) is 16.2. The molecular formula is C22H34N4. The predicted octanol–water partition coefficient (Wildman–Crippen LogP) is 5.66. The van der Waals surface area contributed by atoms with Gasteiger partial charge in [-0.3, -0.25) is 4.99 Å². The van der Waals surface area contributed by atoms with Gasteiger partial charge in [-0.2, -0.15) is 5.10 Å². The first-order valence-electron chi connectivity index (χ1n) is 10.7. The molecule has 1 saturated carbocycles. The van der Waals surface area contributed by atoms with Crippen molar-refractivity contribution in [3.63, 3.8) is 0 Å². The van der Waals surface area contributed by atoms with Crippen LogP contribution >= 0.6 is 0 Å². The van der Waals surface area contributed by atoms with Crippen LogP contribution in [-0.2, 0) is 0 Å². The van der Waals surface area contributed by atoms with Crippen molar-refractivity contribution < 1.29 is 0 Å². The van der Waals surface area contributed by atoms with Gasteiger partial charge in [-0.05, 0) is 57.3 Å². The molecule has 0 bridgehead atoms. The summed E-state index contributed by atoms with van der Waals surface area (Å²) in [6, 6.07) is 3.08. The molecule has 0 spiro atoms. The van der Waals surface area contributed by atoms with E-state index in [-0.39, 0.29) is 0 Å². The minimum Gasteiger partial charge on any atom is -0.328 e.